The van der Waals surface area contributed by atoms with Gasteiger partial charge in [-0.15, -0.1) is 0 Å². The second-order valence-electron chi connectivity index (χ2n) is 29.6. The smallest absolute Gasteiger partial charge is 0.470 e. The van der Waals surface area contributed by atoms with Crippen LogP contribution in [0.3, 0.4) is 0 Å². The zero-order valence-electron chi connectivity index (χ0n) is 65.3. The molecule has 0 radical (unpaired) electrons. The summed E-state index contributed by atoms with van der Waals surface area (Å²) in [5.41, 5.74) is 0. The number of phosphoric ester groups is 1. The Bertz CT molecular complexity index is 1850. The maximum absolute atomic E-state index is 14.9. The molecule has 7 N–H and O–H groups in total. The Hall–Kier alpha value is -2.25. The van der Waals surface area contributed by atoms with Crippen LogP contribution >= 0.6 is 7.82 Å². The number of rotatable bonds is 76. The Balaban J connectivity index is 3.73. The number of carbonyl (C=O) groups excluding carboxylic acids is 3. The SMILES string of the molecule is CCCCCCCCCCC[C@H](CC(=O)N[C@H]1[C@H](OC[C@H](NC(=O)C[C@@H](CCCCCCCCCCC)OCCCCCCCCCC)C(=O)O)O[C@H](CO)[C@@H](OP(=O)(O)O)[C@H]1NC(=O)C[C@@H](CCCCCCCCCCC)OCCCCCCCCCC)OCCCCCCCCCC. The molecule has 1 aliphatic rings. The van der Waals surface area contributed by atoms with Crippen molar-refractivity contribution in [2.24, 2.45) is 0 Å². The van der Waals surface area contributed by atoms with Gasteiger partial charge in [-0.25, -0.2) is 9.36 Å². The third-order valence-electron chi connectivity index (χ3n) is 20.0. The first-order chi connectivity index (χ1) is 48.7. The molecule has 18 nitrogen and oxygen atoms in total. The van der Waals surface area contributed by atoms with Crippen molar-refractivity contribution in [1.82, 2.24) is 16.0 Å². The standard InChI is InChI=1S/C81H158N3O15P/c1-7-13-19-25-31-37-40-46-52-58-69(94-61-55-49-43-34-28-22-16-10-4)64-74(86)82-72(80(89)90)68-97-81-78(84-76(88)66-71(60-54-48-42-39-33-27-21-15-9-3)96-63-57-51-45-36-30-24-18-12-6)77(79(73(67-85)98-81)99-100(91,92)93)83-75(87)65-70(59-53-47-41-38-32-26-20-14-8-2)95-62-56-50-44-35-29-23-17-11-5/h69-73,77-79,81,85H,7-68H2,1-6H3,(H,82,86)(H,83,87)(H,84,88)(H,89,90)(H2,91,92,93)/t69-,70-,71-,72+,73-,77+,78-,79-,81-/m1/s1. The lowest BCUT2D eigenvalue weighted by molar-refractivity contribution is -0.249. The highest BCUT2D eigenvalue weighted by Crippen LogP contribution is 2.42. The Kier molecular flexibility index (Phi) is 65.6. The third-order valence-corrected chi connectivity index (χ3v) is 20.6. The molecule has 0 aromatic heterocycles. The van der Waals surface area contributed by atoms with E-state index in [9.17, 15) is 43.7 Å². The van der Waals surface area contributed by atoms with Crippen LogP contribution in [0.1, 0.15) is 408 Å². The quantitative estimate of drug-likeness (QED) is 0.0221. The van der Waals surface area contributed by atoms with Gasteiger partial charge >= 0.3 is 13.8 Å². The fraction of sp³-hybridized carbons (Fsp3) is 0.951. The zero-order valence-corrected chi connectivity index (χ0v) is 66.2. The number of ether oxygens (including phenoxy) is 5. The van der Waals surface area contributed by atoms with Crippen LogP contribution in [0.2, 0.25) is 0 Å². The molecule has 0 spiro atoms. The van der Waals surface area contributed by atoms with Gasteiger partial charge in [-0.3, -0.25) is 18.9 Å². The Labute approximate surface area is 612 Å². The molecule has 9 atom stereocenters. The van der Waals surface area contributed by atoms with Crippen molar-refractivity contribution < 1.29 is 72.0 Å². The van der Waals surface area contributed by atoms with Crippen LogP contribution in [-0.2, 0) is 52.0 Å². The minimum absolute atomic E-state index is 0.0667. The molecule has 0 unspecified atom stereocenters. The first-order valence-electron chi connectivity index (χ1n) is 42.2. The molecule has 1 saturated heterocycles. The van der Waals surface area contributed by atoms with Crippen molar-refractivity contribution in [2.75, 3.05) is 33.0 Å². The topological polar surface area (TPSA) is 258 Å². The summed E-state index contributed by atoms with van der Waals surface area (Å²) in [6.45, 7) is 13.2. The maximum Gasteiger partial charge on any atom is 0.470 e. The molecule has 0 aliphatic carbocycles. The molecule has 1 rings (SSSR count). The Morgan fingerprint density at radius 1 is 0.390 bits per heavy atom. The van der Waals surface area contributed by atoms with Crippen molar-refractivity contribution >= 4 is 31.5 Å². The Morgan fingerprint density at radius 2 is 0.660 bits per heavy atom. The van der Waals surface area contributed by atoms with Crippen LogP contribution in [0.5, 0.6) is 0 Å². The second kappa shape index (κ2) is 68.6. The van der Waals surface area contributed by atoms with E-state index in [1.165, 1.54) is 186 Å². The number of hydrogen-bond acceptors (Lipinski definition) is 12. The molecule has 19 heteroatoms. The summed E-state index contributed by atoms with van der Waals surface area (Å²) in [6, 6.07) is -4.60. The van der Waals surface area contributed by atoms with Crippen LogP contribution in [0.25, 0.3) is 0 Å². The number of carbonyl (C=O) groups is 4. The summed E-state index contributed by atoms with van der Waals surface area (Å²) in [5, 5.41) is 30.4. The number of unbranched alkanes of at least 4 members (excludes halogenated alkanes) is 45. The van der Waals surface area contributed by atoms with Crippen LogP contribution < -0.4 is 16.0 Å². The van der Waals surface area contributed by atoms with E-state index in [-0.39, 0.29) is 19.3 Å². The van der Waals surface area contributed by atoms with Crippen molar-refractivity contribution in [1.29, 1.82) is 0 Å². The van der Waals surface area contributed by atoms with Crippen LogP contribution in [0.4, 0.5) is 0 Å². The van der Waals surface area contributed by atoms with Gasteiger partial charge < -0.3 is 59.6 Å². The molecule has 1 aliphatic heterocycles. The van der Waals surface area contributed by atoms with E-state index in [1.54, 1.807) is 0 Å². The van der Waals surface area contributed by atoms with Gasteiger partial charge in [0.05, 0.1) is 56.8 Å². The summed E-state index contributed by atoms with van der Waals surface area (Å²) < 4.78 is 50.6. The average molecular weight is 1450 g/mol. The summed E-state index contributed by atoms with van der Waals surface area (Å²) in [5.74, 6) is -3.01. The number of carboxylic acids is 1. The van der Waals surface area contributed by atoms with Crippen molar-refractivity contribution in [3.05, 3.63) is 0 Å². The van der Waals surface area contributed by atoms with Crippen LogP contribution in [0.15, 0.2) is 0 Å². The fourth-order valence-corrected chi connectivity index (χ4v) is 14.4. The summed E-state index contributed by atoms with van der Waals surface area (Å²) in [6.07, 6.45) is 52.9. The minimum Gasteiger partial charge on any atom is -0.480 e. The highest BCUT2D eigenvalue weighted by Gasteiger charge is 2.51. The van der Waals surface area contributed by atoms with E-state index < -0.39 is 99.7 Å². The summed E-state index contributed by atoms with van der Waals surface area (Å²) in [7, 11) is -5.40. The molecule has 0 aromatic carbocycles. The average Bonchev–Trinajstić information content (AvgIpc) is 0.781. The Morgan fingerprint density at radius 3 is 0.940 bits per heavy atom. The van der Waals surface area contributed by atoms with E-state index in [1.807, 2.05) is 0 Å². The number of amides is 3. The molecule has 0 bridgehead atoms. The van der Waals surface area contributed by atoms with E-state index in [0.717, 1.165) is 141 Å². The molecule has 1 fully saturated rings. The molecular weight excluding hydrogens is 1290 g/mol. The number of nitrogens with one attached hydrogen (secondary N) is 3. The van der Waals surface area contributed by atoms with E-state index >= 15 is 0 Å². The summed E-state index contributed by atoms with van der Waals surface area (Å²) in [4.78, 5) is 78.0. The lowest BCUT2D eigenvalue weighted by Crippen LogP contribution is -2.70. The molecule has 1 heterocycles. The molecular formula is C81H158N3O15P. The van der Waals surface area contributed by atoms with Gasteiger partial charge in [0.1, 0.15) is 18.2 Å². The number of phosphoric acid groups is 1. The summed E-state index contributed by atoms with van der Waals surface area (Å²) >= 11 is 0. The molecule has 0 saturated carbocycles. The van der Waals surface area contributed by atoms with Crippen LogP contribution in [-0.4, -0.2) is 132 Å². The minimum atomic E-state index is -5.40. The zero-order chi connectivity index (χ0) is 73.2. The van der Waals surface area contributed by atoms with Gasteiger partial charge in [0.15, 0.2) is 12.3 Å². The molecule has 100 heavy (non-hydrogen) atoms. The maximum atomic E-state index is 14.9. The molecule has 0 aromatic rings. The first kappa shape index (κ1) is 95.8. The van der Waals surface area contributed by atoms with Gasteiger partial charge in [-0.05, 0) is 38.5 Å². The number of aliphatic carboxylic acids is 1. The fourth-order valence-electron chi connectivity index (χ4n) is 13.8. The van der Waals surface area contributed by atoms with Crippen molar-refractivity contribution in [3.8, 4) is 0 Å². The normalized spacial score (nSPS) is 17.7. The number of carboxylic acid groups (broad SMARTS) is 1. The van der Waals surface area contributed by atoms with E-state index in [4.69, 9.17) is 28.2 Å². The third kappa shape index (κ3) is 56.1. The van der Waals surface area contributed by atoms with Crippen molar-refractivity contribution in [2.45, 2.75) is 462 Å². The van der Waals surface area contributed by atoms with Gasteiger partial charge in [-0.1, -0.05) is 350 Å². The molecule has 592 valence electrons. The number of hydrogen-bond donors (Lipinski definition) is 7. The predicted molar refractivity (Wildman–Crippen MR) is 408 cm³/mol. The highest BCUT2D eigenvalue weighted by atomic mass is 31.2. The number of aliphatic hydroxyl groups excluding tert-OH is 1. The largest absolute Gasteiger partial charge is 0.480 e. The molecule has 3 amide bonds. The monoisotopic (exact) mass is 1440 g/mol. The van der Waals surface area contributed by atoms with E-state index in [0.29, 0.717) is 39.1 Å². The lowest BCUT2D eigenvalue weighted by Gasteiger charge is -2.46. The predicted octanol–water partition coefficient (Wildman–Crippen LogP) is 20.2. The lowest BCUT2D eigenvalue weighted by atomic mass is 9.93. The number of aliphatic hydroxyl groups is 1. The van der Waals surface area contributed by atoms with Gasteiger partial charge in [0.2, 0.25) is 17.7 Å². The van der Waals surface area contributed by atoms with Gasteiger partial charge in [0.25, 0.3) is 0 Å². The van der Waals surface area contributed by atoms with Gasteiger partial charge in [0, 0.05) is 19.8 Å². The van der Waals surface area contributed by atoms with Crippen molar-refractivity contribution in [3.63, 3.8) is 0 Å². The first-order valence-corrected chi connectivity index (χ1v) is 43.8. The van der Waals surface area contributed by atoms with Gasteiger partial charge in [-0.2, -0.15) is 0 Å². The van der Waals surface area contributed by atoms with E-state index in [2.05, 4.69) is 57.5 Å². The second-order valence-corrected chi connectivity index (χ2v) is 30.8. The van der Waals surface area contributed by atoms with Crippen LogP contribution in [0, 0.1) is 0 Å². The highest BCUT2D eigenvalue weighted by molar-refractivity contribution is 7.46.